The summed E-state index contributed by atoms with van der Waals surface area (Å²) in [5.41, 5.74) is 9.62. The zero-order valence-corrected chi connectivity index (χ0v) is 24.4. The third kappa shape index (κ3) is 10.7. The number of nitrogens with one attached hydrogen (secondary N) is 4. The van der Waals surface area contributed by atoms with Crippen molar-refractivity contribution in [2.75, 3.05) is 13.1 Å². The van der Waals surface area contributed by atoms with Crippen LogP contribution in [0.1, 0.15) is 60.8 Å². The lowest BCUT2D eigenvalue weighted by molar-refractivity contribution is -0.129. The number of unbranched alkanes of at least 4 members (excludes halogenated alkanes) is 1. The minimum absolute atomic E-state index is 0.00151. The summed E-state index contributed by atoms with van der Waals surface area (Å²) >= 11 is 0. The summed E-state index contributed by atoms with van der Waals surface area (Å²) in [5, 5.41) is 11.2. The fourth-order valence-electron chi connectivity index (χ4n) is 4.40. The molecule has 3 rings (SSSR count). The zero-order valence-electron chi connectivity index (χ0n) is 24.4. The van der Waals surface area contributed by atoms with Crippen LogP contribution in [0.25, 0.3) is 0 Å². The van der Waals surface area contributed by atoms with E-state index in [-0.39, 0.29) is 24.3 Å². The number of nitrogens with zero attached hydrogens (tertiary/aromatic N) is 1. The first-order valence-corrected chi connectivity index (χ1v) is 14.5. The summed E-state index contributed by atoms with van der Waals surface area (Å²) < 4.78 is 0. The van der Waals surface area contributed by atoms with Crippen molar-refractivity contribution < 1.29 is 14.4 Å². The Hall–Kier alpha value is -4.66. The molecule has 0 saturated carbocycles. The maximum absolute atomic E-state index is 13.7. The van der Waals surface area contributed by atoms with Gasteiger partial charge in [0.15, 0.2) is 5.96 Å². The molecule has 0 aromatic heterocycles. The van der Waals surface area contributed by atoms with Gasteiger partial charge in [-0.15, -0.1) is 0 Å². The molecule has 0 saturated heterocycles. The van der Waals surface area contributed by atoms with E-state index in [1.54, 1.807) is 0 Å². The molecule has 0 bridgehead atoms. The number of nitrogens with two attached hydrogens (primary N) is 1. The molecule has 0 radical (unpaired) electrons. The van der Waals surface area contributed by atoms with Crippen LogP contribution >= 0.6 is 0 Å². The maximum Gasteiger partial charge on any atom is 0.321 e. The van der Waals surface area contributed by atoms with Gasteiger partial charge in [-0.05, 0) is 42.9 Å². The molecule has 0 aliphatic heterocycles. The molecule has 4 amide bonds. The van der Waals surface area contributed by atoms with E-state index in [0.717, 1.165) is 35.1 Å². The summed E-state index contributed by atoms with van der Waals surface area (Å²) in [6.07, 6.45) is 2.64. The van der Waals surface area contributed by atoms with Crippen LogP contribution in [0.2, 0.25) is 0 Å². The predicted molar refractivity (Wildman–Crippen MR) is 167 cm³/mol. The number of hydrogen-bond acceptors (Lipinski definition) is 4. The van der Waals surface area contributed by atoms with Crippen LogP contribution in [0, 0.1) is 6.92 Å². The number of hydrogen-bond donors (Lipinski definition) is 5. The molecule has 0 aliphatic rings. The molecule has 9 nitrogen and oxygen atoms in total. The highest BCUT2D eigenvalue weighted by atomic mass is 16.2. The van der Waals surface area contributed by atoms with Gasteiger partial charge in [-0.2, -0.15) is 0 Å². The van der Waals surface area contributed by atoms with E-state index in [2.05, 4.69) is 26.3 Å². The SMILES string of the molecule is CCCCNC(=O)NC(N)=NCCCC(NC(=O)C(c1ccccc1)c1ccccc1)C(=O)NCc1ccc(C)cc1. The standard InChI is InChI=1S/C33H42N6O3/c1-3-4-21-36-33(42)39-32(34)35-22-11-16-28(30(40)37-23-25-19-17-24(2)18-20-25)38-31(41)29(26-12-7-5-8-13-26)27-14-9-6-10-15-27/h5-10,12-15,17-20,28-29H,3-4,11,16,21-23H2,1-2H3,(H,37,40)(H,38,41)(H4,34,35,36,39,42). The molecule has 3 aromatic carbocycles. The second kappa shape index (κ2) is 17.2. The van der Waals surface area contributed by atoms with Gasteiger partial charge in [-0.1, -0.05) is 104 Å². The molecule has 3 aromatic rings. The summed E-state index contributed by atoms with van der Waals surface area (Å²) in [7, 11) is 0. The molecular weight excluding hydrogens is 528 g/mol. The highest BCUT2D eigenvalue weighted by Crippen LogP contribution is 2.25. The summed E-state index contributed by atoms with van der Waals surface area (Å²) in [6.45, 7) is 5.22. The third-order valence-corrected chi connectivity index (χ3v) is 6.74. The van der Waals surface area contributed by atoms with Crippen LogP contribution in [-0.2, 0) is 16.1 Å². The Kier molecular flexibility index (Phi) is 13.1. The number of guanidine groups is 1. The lowest BCUT2D eigenvalue weighted by Gasteiger charge is -2.23. The topological polar surface area (TPSA) is 138 Å². The fourth-order valence-corrected chi connectivity index (χ4v) is 4.40. The first-order chi connectivity index (χ1) is 20.4. The Morgan fingerprint density at radius 1 is 0.810 bits per heavy atom. The normalized spacial score (nSPS) is 11.9. The van der Waals surface area contributed by atoms with Crippen LogP contribution < -0.4 is 27.0 Å². The summed E-state index contributed by atoms with van der Waals surface area (Å²) in [4.78, 5) is 43.2. The Bertz CT molecular complexity index is 1260. The van der Waals surface area contributed by atoms with Crippen LogP contribution in [0.15, 0.2) is 89.9 Å². The zero-order chi connectivity index (χ0) is 30.2. The first-order valence-electron chi connectivity index (χ1n) is 14.5. The second-order valence-corrected chi connectivity index (χ2v) is 10.2. The molecule has 0 spiro atoms. The molecule has 1 unspecified atom stereocenters. The number of amides is 4. The Labute approximate surface area is 248 Å². The highest BCUT2D eigenvalue weighted by molar-refractivity contribution is 5.95. The van der Waals surface area contributed by atoms with Gasteiger partial charge < -0.3 is 21.7 Å². The van der Waals surface area contributed by atoms with Gasteiger partial charge in [0.05, 0.1) is 5.92 Å². The third-order valence-electron chi connectivity index (χ3n) is 6.74. The minimum Gasteiger partial charge on any atom is -0.370 e. The van der Waals surface area contributed by atoms with Gasteiger partial charge in [0.25, 0.3) is 0 Å². The van der Waals surface area contributed by atoms with Gasteiger partial charge in [-0.25, -0.2) is 4.79 Å². The van der Waals surface area contributed by atoms with E-state index in [1.807, 2.05) is 98.8 Å². The molecule has 0 fully saturated rings. The smallest absolute Gasteiger partial charge is 0.321 e. The van der Waals surface area contributed by atoms with Gasteiger partial charge in [0.1, 0.15) is 6.04 Å². The number of aliphatic imine (C=N–C) groups is 1. The Morgan fingerprint density at radius 3 is 2.02 bits per heavy atom. The molecule has 222 valence electrons. The van der Waals surface area contributed by atoms with E-state index < -0.39 is 18.0 Å². The van der Waals surface area contributed by atoms with E-state index in [0.29, 0.717) is 25.9 Å². The monoisotopic (exact) mass is 570 g/mol. The first kappa shape index (κ1) is 31.9. The predicted octanol–water partition coefficient (Wildman–Crippen LogP) is 4.12. The van der Waals surface area contributed by atoms with E-state index >= 15 is 0 Å². The van der Waals surface area contributed by atoms with Crippen LogP contribution in [0.5, 0.6) is 0 Å². The second-order valence-electron chi connectivity index (χ2n) is 10.2. The fraction of sp³-hybridized carbons (Fsp3) is 0.333. The molecule has 0 aliphatic carbocycles. The van der Waals surface area contributed by atoms with E-state index in [4.69, 9.17) is 5.73 Å². The van der Waals surface area contributed by atoms with Crippen molar-refractivity contribution >= 4 is 23.8 Å². The number of aryl methyl sites for hydroxylation is 1. The van der Waals surface area contributed by atoms with Crippen molar-refractivity contribution in [1.29, 1.82) is 0 Å². The van der Waals surface area contributed by atoms with Gasteiger partial charge in [0, 0.05) is 19.6 Å². The minimum atomic E-state index is -0.792. The number of urea groups is 1. The van der Waals surface area contributed by atoms with Crippen LogP contribution in [-0.4, -0.2) is 42.9 Å². The lowest BCUT2D eigenvalue weighted by Crippen LogP contribution is -2.48. The largest absolute Gasteiger partial charge is 0.370 e. The summed E-state index contributed by atoms with van der Waals surface area (Å²) in [6, 6.07) is 25.7. The maximum atomic E-state index is 13.7. The highest BCUT2D eigenvalue weighted by Gasteiger charge is 2.27. The average molecular weight is 571 g/mol. The van der Waals surface area contributed by atoms with Crippen molar-refractivity contribution in [2.45, 2.75) is 58.0 Å². The van der Waals surface area contributed by atoms with Crippen molar-refractivity contribution in [1.82, 2.24) is 21.3 Å². The van der Waals surface area contributed by atoms with Gasteiger partial charge in [0.2, 0.25) is 11.8 Å². The Morgan fingerprint density at radius 2 is 1.43 bits per heavy atom. The van der Waals surface area contributed by atoms with Crippen molar-refractivity contribution in [3.8, 4) is 0 Å². The average Bonchev–Trinajstić information content (AvgIpc) is 2.99. The van der Waals surface area contributed by atoms with Crippen LogP contribution in [0.3, 0.4) is 0 Å². The quantitative estimate of drug-likeness (QED) is 0.113. The molecule has 1 atom stereocenters. The van der Waals surface area contributed by atoms with Crippen LogP contribution in [0.4, 0.5) is 4.79 Å². The van der Waals surface area contributed by atoms with Crippen molar-refractivity contribution in [3.05, 3.63) is 107 Å². The van der Waals surface area contributed by atoms with Crippen molar-refractivity contribution in [3.63, 3.8) is 0 Å². The number of benzene rings is 3. The number of rotatable bonds is 14. The van der Waals surface area contributed by atoms with Gasteiger partial charge >= 0.3 is 6.03 Å². The molecule has 6 N–H and O–H groups in total. The molecule has 42 heavy (non-hydrogen) atoms. The van der Waals surface area contributed by atoms with Gasteiger partial charge in [-0.3, -0.25) is 19.9 Å². The molecular formula is C33H42N6O3. The number of carbonyl (C=O) groups excluding carboxylic acids is 3. The number of carbonyl (C=O) groups is 3. The lowest BCUT2D eigenvalue weighted by atomic mass is 9.90. The molecule has 9 heteroatoms. The van der Waals surface area contributed by atoms with E-state index in [9.17, 15) is 14.4 Å². The Balaban J connectivity index is 1.69. The van der Waals surface area contributed by atoms with E-state index in [1.165, 1.54) is 0 Å². The van der Waals surface area contributed by atoms with Crippen molar-refractivity contribution in [2.24, 2.45) is 10.7 Å². The molecule has 0 heterocycles. The summed E-state index contributed by atoms with van der Waals surface area (Å²) in [5.74, 6) is -1.13.